The minimum Gasteiger partial charge on any atom is -0.322 e. The van der Waals surface area contributed by atoms with Crippen molar-refractivity contribution in [1.29, 1.82) is 0 Å². The van der Waals surface area contributed by atoms with Crippen molar-refractivity contribution in [3.63, 3.8) is 0 Å². The Kier molecular flexibility index (Phi) is 5.61. The molecule has 1 heterocycles. The van der Waals surface area contributed by atoms with Crippen LogP contribution < -0.4 is 21.3 Å². The van der Waals surface area contributed by atoms with Crippen molar-refractivity contribution >= 4 is 35.1 Å². The molecule has 8 nitrogen and oxygen atoms in total. The Hall–Kier alpha value is -4.53. The van der Waals surface area contributed by atoms with E-state index in [-0.39, 0.29) is 5.56 Å². The Labute approximate surface area is 188 Å². The van der Waals surface area contributed by atoms with Crippen molar-refractivity contribution in [2.24, 2.45) is 0 Å². The summed E-state index contributed by atoms with van der Waals surface area (Å²) in [4.78, 5) is 48.5. The van der Waals surface area contributed by atoms with E-state index in [4.69, 9.17) is 0 Å². The van der Waals surface area contributed by atoms with Gasteiger partial charge in [0.25, 0.3) is 17.7 Å². The largest absolute Gasteiger partial charge is 0.322 e. The van der Waals surface area contributed by atoms with E-state index in [9.17, 15) is 23.6 Å². The molecule has 0 spiro atoms. The Morgan fingerprint density at radius 3 is 2.09 bits per heavy atom. The minimum absolute atomic E-state index is 0.284. The van der Waals surface area contributed by atoms with E-state index in [2.05, 4.69) is 21.3 Å². The molecule has 1 aliphatic heterocycles. The van der Waals surface area contributed by atoms with Crippen LogP contribution in [0.3, 0.4) is 0 Å². The number of imide groups is 1. The number of halogens is 1. The second kappa shape index (κ2) is 8.54. The molecule has 3 aromatic rings. The zero-order valence-corrected chi connectivity index (χ0v) is 17.4. The van der Waals surface area contributed by atoms with Gasteiger partial charge in [-0.05, 0) is 67.1 Å². The SMILES string of the molecule is CC1(c2ccc(NC(=O)c3cccc(NC(=O)c4ccc(F)cc4)c3)cc2)NC(=O)NC1=O. The molecule has 1 unspecified atom stereocenters. The fourth-order valence-electron chi connectivity index (χ4n) is 3.38. The molecule has 0 saturated carbocycles. The fourth-order valence-corrected chi connectivity index (χ4v) is 3.38. The van der Waals surface area contributed by atoms with Crippen LogP contribution in [0.4, 0.5) is 20.6 Å². The summed E-state index contributed by atoms with van der Waals surface area (Å²) in [7, 11) is 0. The molecule has 166 valence electrons. The monoisotopic (exact) mass is 446 g/mol. The van der Waals surface area contributed by atoms with Gasteiger partial charge in [-0.25, -0.2) is 9.18 Å². The second-order valence-corrected chi connectivity index (χ2v) is 7.61. The Bertz CT molecular complexity index is 1260. The number of anilines is 2. The first-order chi connectivity index (χ1) is 15.7. The molecule has 0 aliphatic carbocycles. The molecular formula is C24H19FN4O4. The number of hydrogen-bond donors (Lipinski definition) is 4. The average Bonchev–Trinajstić information content (AvgIpc) is 3.06. The molecule has 1 fully saturated rings. The molecule has 33 heavy (non-hydrogen) atoms. The first kappa shape index (κ1) is 21.7. The standard InChI is InChI=1S/C24H19FN4O4/c1-24(22(32)28-23(33)29-24)16-7-11-18(12-8-16)26-21(31)15-3-2-4-19(13-15)27-20(30)14-5-9-17(25)10-6-14/h2-13H,1H3,(H,26,31)(H,27,30)(H2,28,29,32,33). The van der Waals surface area contributed by atoms with E-state index in [1.54, 1.807) is 49.4 Å². The molecule has 0 aromatic heterocycles. The lowest BCUT2D eigenvalue weighted by molar-refractivity contribution is -0.123. The Morgan fingerprint density at radius 1 is 0.818 bits per heavy atom. The van der Waals surface area contributed by atoms with Crippen molar-refractivity contribution in [3.05, 3.63) is 95.3 Å². The van der Waals surface area contributed by atoms with Crippen LogP contribution in [0.2, 0.25) is 0 Å². The summed E-state index contributed by atoms with van der Waals surface area (Å²) in [6.45, 7) is 1.59. The molecule has 4 N–H and O–H groups in total. The third-order valence-electron chi connectivity index (χ3n) is 5.25. The predicted octanol–water partition coefficient (Wildman–Crippen LogP) is 3.38. The minimum atomic E-state index is -1.18. The molecule has 0 bridgehead atoms. The quantitative estimate of drug-likeness (QED) is 0.450. The highest BCUT2D eigenvalue weighted by molar-refractivity contribution is 6.08. The molecule has 9 heteroatoms. The van der Waals surface area contributed by atoms with Crippen LogP contribution in [0, 0.1) is 5.82 Å². The van der Waals surface area contributed by atoms with Crippen molar-refractivity contribution in [2.75, 3.05) is 10.6 Å². The number of benzene rings is 3. The number of carbonyl (C=O) groups excluding carboxylic acids is 4. The van der Waals surface area contributed by atoms with Gasteiger partial charge < -0.3 is 16.0 Å². The van der Waals surface area contributed by atoms with Crippen LogP contribution in [0.25, 0.3) is 0 Å². The Balaban J connectivity index is 1.43. The van der Waals surface area contributed by atoms with E-state index in [1.807, 2.05) is 0 Å². The smallest absolute Gasteiger partial charge is 0.322 e. The van der Waals surface area contributed by atoms with Gasteiger partial charge in [0.1, 0.15) is 11.4 Å². The lowest BCUT2D eigenvalue weighted by Gasteiger charge is -2.21. The number of urea groups is 1. The molecule has 1 atom stereocenters. The van der Waals surface area contributed by atoms with E-state index in [0.29, 0.717) is 22.5 Å². The zero-order valence-electron chi connectivity index (χ0n) is 17.4. The molecule has 0 radical (unpaired) electrons. The molecule has 1 saturated heterocycles. The van der Waals surface area contributed by atoms with Crippen LogP contribution in [0.1, 0.15) is 33.2 Å². The summed E-state index contributed by atoms with van der Waals surface area (Å²) >= 11 is 0. The van der Waals surface area contributed by atoms with Gasteiger partial charge in [-0.2, -0.15) is 0 Å². The van der Waals surface area contributed by atoms with Crippen molar-refractivity contribution in [3.8, 4) is 0 Å². The lowest BCUT2D eigenvalue weighted by atomic mass is 9.92. The first-order valence-corrected chi connectivity index (χ1v) is 9.97. The topological polar surface area (TPSA) is 116 Å². The zero-order chi connectivity index (χ0) is 23.6. The molecule has 1 aliphatic rings. The van der Waals surface area contributed by atoms with Crippen LogP contribution >= 0.6 is 0 Å². The fraction of sp³-hybridized carbons (Fsp3) is 0.0833. The highest BCUT2D eigenvalue weighted by Crippen LogP contribution is 2.26. The van der Waals surface area contributed by atoms with Gasteiger partial charge in [0.15, 0.2) is 0 Å². The summed E-state index contributed by atoms with van der Waals surface area (Å²) < 4.78 is 13.0. The first-order valence-electron chi connectivity index (χ1n) is 9.97. The van der Waals surface area contributed by atoms with Gasteiger partial charge >= 0.3 is 6.03 Å². The number of amides is 5. The van der Waals surface area contributed by atoms with Crippen molar-refractivity contribution in [1.82, 2.24) is 10.6 Å². The number of nitrogens with one attached hydrogen (secondary N) is 4. The lowest BCUT2D eigenvalue weighted by Crippen LogP contribution is -2.40. The highest BCUT2D eigenvalue weighted by atomic mass is 19.1. The molecule has 3 aromatic carbocycles. The maximum atomic E-state index is 13.0. The molecule has 5 amide bonds. The summed E-state index contributed by atoms with van der Waals surface area (Å²) in [5.41, 5.74) is 0.865. The predicted molar refractivity (Wildman–Crippen MR) is 119 cm³/mol. The third-order valence-corrected chi connectivity index (χ3v) is 5.25. The molecular weight excluding hydrogens is 427 g/mol. The Morgan fingerprint density at radius 2 is 1.45 bits per heavy atom. The van der Waals surface area contributed by atoms with E-state index >= 15 is 0 Å². The van der Waals surface area contributed by atoms with Gasteiger partial charge in [-0.3, -0.25) is 19.7 Å². The van der Waals surface area contributed by atoms with Gasteiger partial charge in [-0.15, -0.1) is 0 Å². The number of hydrogen-bond acceptors (Lipinski definition) is 4. The number of carbonyl (C=O) groups is 4. The summed E-state index contributed by atoms with van der Waals surface area (Å²) in [6, 6.07) is 17.4. The summed E-state index contributed by atoms with van der Waals surface area (Å²) in [5.74, 6) is -1.73. The maximum absolute atomic E-state index is 13.0. The third kappa shape index (κ3) is 4.57. The van der Waals surface area contributed by atoms with Gasteiger partial charge in [0.05, 0.1) is 0 Å². The highest BCUT2D eigenvalue weighted by Gasteiger charge is 2.43. The van der Waals surface area contributed by atoms with E-state index in [0.717, 1.165) is 0 Å². The molecule has 4 rings (SSSR count). The van der Waals surface area contributed by atoms with Crippen LogP contribution in [0.15, 0.2) is 72.8 Å². The van der Waals surface area contributed by atoms with Crippen molar-refractivity contribution in [2.45, 2.75) is 12.5 Å². The van der Waals surface area contributed by atoms with E-state index < -0.39 is 35.1 Å². The average molecular weight is 446 g/mol. The number of rotatable bonds is 5. The summed E-state index contributed by atoms with van der Waals surface area (Å²) in [5, 5.41) is 10.2. The van der Waals surface area contributed by atoms with Gasteiger partial charge in [0.2, 0.25) is 0 Å². The summed E-state index contributed by atoms with van der Waals surface area (Å²) in [6.07, 6.45) is 0. The van der Waals surface area contributed by atoms with Crippen LogP contribution in [-0.2, 0) is 10.3 Å². The van der Waals surface area contributed by atoms with Gasteiger partial charge in [0, 0.05) is 22.5 Å². The second-order valence-electron chi connectivity index (χ2n) is 7.61. The van der Waals surface area contributed by atoms with Gasteiger partial charge in [-0.1, -0.05) is 18.2 Å². The van der Waals surface area contributed by atoms with Crippen LogP contribution in [0.5, 0.6) is 0 Å². The maximum Gasteiger partial charge on any atom is 0.322 e. The van der Waals surface area contributed by atoms with Crippen LogP contribution in [-0.4, -0.2) is 23.8 Å². The van der Waals surface area contributed by atoms with Crippen molar-refractivity contribution < 1.29 is 23.6 Å². The van der Waals surface area contributed by atoms with E-state index in [1.165, 1.54) is 30.3 Å². The normalized spacial score (nSPS) is 17.2.